The molecular weight excluding hydrogens is 236 g/mol. The molecule has 4 nitrogen and oxygen atoms in total. The summed E-state index contributed by atoms with van der Waals surface area (Å²) in [6, 6.07) is 6.02. The average molecular weight is 260 g/mol. The van der Waals surface area contributed by atoms with Crippen LogP contribution in [0, 0.1) is 16.7 Å². The lowest BCUT2D eigenvalue weighted by Gasteiger charge is -2.31. The molecular formula is C15H24N4. The largest absolute Gasteiger partial charge is 0.330 e. The maximum atomic E-state index is 9.09. The van der Waals surface area contributed by atoms with Crippen molar-refractivity contribution in [2.24, 2.45) is 11.1 Å². The molecule has 0 saturated heterocycles. The van der Waals surface area contributed by atoms with Gasteiger partial charge in [0.25, 0.3) is 0 Å². The highest BCUT2D eigenvalue weighted by molar-refractivity contribution is 5.30. The minimum atomic E-state index is 0.0875. The fraction of sp³-hybridized carbons (Fsp3) is 0.600. The van der Waals surface area contributed by atoms with Crippen molar-refractivity contribution in [2.45, 2.75) is 33.7 Å². The summed E-state index contributed by atoms with van der Waals surface area (Å²) in [5.41, 5.74) is 7.41. The standard InChI is InChI=1S/C15H24N4/c1-4-8-19(12-15(2,3)11-17)10-13-6-5-7-18-14(13)9-16/h5-7H,4,8,10-12,17H2,1-3H3. The highest BCUT2D eigenvalue weighted by Crippen LogP contribution is 2.18. The van der Waals surface area contributed by atoms with Gasteiger partial charge in [0.1, 0.15) is 11.8 Å². The number of aromatic nitrogens is 1. The molecule has 1 aromatic rings. The van der Waals surface area contributed by atoms with E-state index < -0.39 is 0 Å². The first-order valence-electron chi connectivity index (χ1n) is 6.79. The Morgan fingerprint density at radius 1 is 1.47 bits per heavy atom. The first kappa shape index (κ1) is 15.6. The highest BCUT2D eigenvalue weighted by atomic mass is 15.1. The zero-order valence-electron chi connectivity index (χ0n) is 12.2. The lowest BCUT2D eigenvalue weighted by Crippen LogP contribution is -2.39. The summed E-state index contributed by atoms with van der Waals surface area (Å²) in [6.07, 6.45) is 2.75. The van der Waals surface area contributed by atoms with E-state index in [9.17, 15) is 0 Å². The number of nitrogens with two attached hydrogens (primary N) is 1. The van der Waals surface area contributed by atoms with Crippen LogP contribution in [0.2, 0.25) is 0 Å². The van der Waals surface area contributed by atoms with E-state index in [1.807, 2.05) is 12.1 Å². The third-order valence-corrected chi connectivity index (χ3v) is 3.14. The van der Waals surface area contributed by atoms with Crippen LogP contribution in [0.15, 0.2) is 18.3 Å². The fourth-order valence-electron chi connectivity index (χ4n) is 2.11. The Morgan fingerprint density at radius 3 is 2.79 bits per heavy atom. The number of rotatable bonds is 7. The molecule has 0 spiro atoms. The molecule has 4 heteroatoms. The molecule has 0 aliphatic rings. The first-order chi connectivity index (χ1) is 9.02. The maximum absolute atomic E-state index is 9.09. The van der Waals surface area contributed by atoms with E-state index in [-0.39, 0.29) is 5.41 Å². The van der Waals surface area contributed by atoms with E-state index in [2.05, 4.69) is 36.7 Å². The molecule has 0 unspecified atom stereocenters. The molecule has 2 N–H and O–H groups in total. The Kier molecular flexibility index (Phi) is 5.94. The van der Waals surface area contributed by atoms with Crippen LogP contribution in [0.25, 0.3) is 0 Å². The molecule has 0 radical (unpaired) electrons. The van der Waals surface area contributed by atoms with E-state index in [0.717, 1.165) is 31.6 Å². The van der Waals surface area contributed by atoms with Crippen molar-refractivity contribution in [3.05, 3.63) is 29.6 Å². The predicted octanol–water partition coefficient (Wildman–Crippen LogP) is 2.15. The third kappa shape index (κ3) is 4.98. The van der Waals surface area contributed by atoms with Gasteiger partial charge in [0.05, 0.1) is 0 Å². The summed E-state index contributed by atoms with van der Waals surface area (Å²) < 4.78 is 0. The van der Waals surface area contributed by atoms with E-state index in [0.29, 0.717) is 12.2 Å². The van der Waals surface area contributed by atoms with Gasteiger partial charge in [-0.05, 0) is 31.0 Å². The van der Waals surface area contributed by atoms with E-state index in [1.54, 1.807) is 6.20 Å². The second-order valence-corrected chi connectivity index (χ2v) is 5.70. The smallest absolute Gasteiger partial charge is 0.144 e. The second kappa shape index (κ2) is 7.22. The van der Waals surface area contributed by atoms with Crippen LogP contribution in [-0.2, 0) is 6.54 Å². The molecule has 0 saturated carbocycles. The Hall–Kier alpha value is -1.44. The van der Waals surface area contributed by atoms with Gasteiger partial charge in [0.15, 0.2) is 0 Å². The Balaban J connectivity index is 2.81. The van der Waals surface area contributed by atoms with Crippen LogP contribution in [0.4, 0.5) is 0 Å². The van der Waals surface area contributed by atoms with Gasteiger partial charge in [-0.3, -0.25) is 4.90 Å². The molecule has 1 aromatic heterocycles. The quantitative estimate of drug-likeness (QED) is 0.815. The summed E-state index contributed by atoms with van der Waals surface area (Å²) >= 11 is 0. The topological polar surface area (TPSA) is 65.9 Å². The summed E-state index contributed by atoms with van der Waals surface area (Å²) in [5.74, 6) is 0. The molecule has 104 valence electrons. The van der Waals surface area contributed by atoms with Gasteiger partial charge < -0.3 is 5.73 Å². The van der Waals surface area contributed by atoms with Crippen LogP contribution in [0.5, 0.6) is 0 Å². The number of pyridine rings is 1. The molecule has 1 heterocycles. The third-order valence-electron chi connectivity index (χ3n) is 3.14. The molecule has 19 heavy (non-hydrogen) atoms. The van der Waals surface area contributed by atoms with Crippen molar-refractivity contribution < 1.29 is 0 Å². The van der Waals surface area contributed by atoms with Crippen molar-refractivity contribution in [2.75, 3.05) is 19.6 Å². The van der Waals surface area contributed by atoms with Crippen molar-refractivity contribution in [1.82, 2.24) is 9.88 Å². The normalized spacial score (nSPS) is 11.6. The zero-order valence-corrected chi connectivity index (χ0v) is 12.2. The number of nitriles is 1. The van der Waals surface area contributed by atoms with Crippen LogP contribution in [0.3, 0.4) is 0 Å². The molecule has 0 aliphatic carbocycles. The molecule has 0 fully saturated rings. The summed E-state index contributed by atoms with van der Waals surface area (Å²) in [7, 11) is 0. The first-order valence-corrected chi connectivity index (χ1v) is 6.79. The minimum absolute atomic E-state index is 0.0875. The lowest BCUT2D eigenvalue weighted by atomic mass is 9.92. The lowest BCUT2D eigenvalue weighted by molar-refractivity contribution is 0.175. The predicted molar refractivity (Wildman–Crippen MR) is 77.4 cm³/mol. The van der Waals surface area contributed by atoms with Crippen LogP contribution in [0.1, 0.15) is 38.4 Å². The van der Waals surface area contributed by atoms with Gasteiger partial charge in [0.2, 0.25) is 0 Å². The second-order valence-electron chi connectivity index (χ2n) is 5.70. The van der Waals surface area contributed by atoms with Gasteiger partial charge in [-0.2, -0.15) is 5.26 Å². The highest BCUT2D eigenvalue weighted by Gasteiger charge is 2.20. The Labute approximate surface area is 116 Å². The van der Waals surface area contributed by atoms with Gasteiger partial charge in [0, 0.05) is 24.8 Å². The zero-order chi connectivity index (χ0) is 14.3. The number of hydrogen-bond donors (Lipinski definition) is 1. The number of hydrogen-bond acceptors (Lipinski definition) is 4. The molecule has 0 bridgehead atoms. The fourth-order valence-corrected chi connectivity index (χ4v) is 2.11. The van der Waals surface area contributed by atoms with Crippen molar-refractivity contribution in [1.29, 1.82) is 5.26 Å². The molecule has 0 aromatic carbocycles. The minimum Gasteiger partial charge on any atom is -0.330 e. The monoisotopic (exact) mass is 260 g/mol. The molecule has 0 atom stereocenters. The van der Waals surface area contributed by atoms with E-state index >= 15 is 0 Å². The van der Waals surface area contributed by atoms with Crippen LogP contribution < -0.4 is 5.73 Å². The molecule has 1 rings (SSSR count). The summed E-state index contributed by atoms with van der Waals surface area (Å²) in [6.45, 7) is 9.85. The van der Waals surface area contributed by atoms with Gasteiger partial charge in [-0.1, -0.05) is 26.8 Å². The Bertz CT molecular complexity index is 434. The SMILES string of the molecule is CCCN(Cc1cccnc1C#N)CC(C)(C)CN. The average Bonchev–Trinajstić information content (AvgIpc) is 2.39. The summed E-state index contributed by atoms with van der Waals surface area (Å²) in [5, 5.41) is 9.09. The Morgan fingerprint density at radius 2 is 2.21 bits per heavy atom. The van der Waals surface area contributed by atoms with Crippen LogP contribution >= 0.6 is 0 Å². The van der Waals surface area contributed by atoms with E-state index in [4.69, 9.17) is 11.0 Å². The van der Waals surface area contributed by atoms with Gasteiger partial charge in [-0.25, -0.2) is 4.98 Å². The van der Waals surface area contributed by atoms with Crippen molar-refractivity contribution in [3.63, 3.8) is 0 Å². The van der Waals surface area contributed by atoms with Gasteiger partial charge in [-0.15, -0.1) is 0 Å². The van der Waals surface area contributed by atoms with Crippen molar-refractivity contribution >= 4 is 0 Å². The van der Waals surface area contributed by atoms with Gasteiger partial charge >= 0.3 is 0 Å². The number of nitrogens with zero attached hydrogens (tertiary/aromatic N) is 3. The molecule has 0 amide bonds. The van der Waals surface area contributed by atoms with E-state index in [1.165, 1.54) is 0 Å². The molecule has 0 aliphatic heterocycles. The summed E-state index contributed by atoms with van der Waals surface area (Å²) in [4.78, 5) is 6.47. The maximum Gasteiger partial charge on any atom is 0.144 e. The van der Waals surface area contributed by atoms with Crippen LogP contribution in [-0.4, -0.2) is 29.5 Å². The van der Waals surface area contributed by atoms with Crippen molar-refractivity contribution in [3.8, 4) is 6.07 Å².